The summed E-state index contributed by atoms with van der Waals surface area (Å²) in [6.45, 7) is 9.72. The lowest BCUT2D eigenvalue weighted by Gasteiger charge is -2.17. The van der Waals surface area contributed by atoms with Gasteiger partial charge in [-0.2, -0.15) is 0 Å². The second kappa shape index (κ2) is 8.30. The van der Waals surface area contributed by atoms with Crippen molar-refractivity contribution in [1.29, 1.82) is 0 Å². The summed E-state index contributed by atoms with van der Waals surface area (Å²) in [5.41, 5.74) is 4.89. The number of ether oxygens (including phenoxy) is 2. The smallest absolute Gasteiger partial charge is 0.127 e. The van der Waals surface area contributed by atoms with E-state index in [0.29, 0.717) is 13.2 Å². The molecule has 2 rings (SSSR count). The first kappa shape index (κ1) is 17.7. The minimum atomic E-state index is 0.664. The number of thioether (sulfide) groups is 1. The molecule has 2 aromatic rings. The highest BCUT2D eigenvalue weighted by atomic mass is 32.2. The van der Waals surface area contributed by atoms with Crippen molar-refractivity contribution in [3.63, 3.8) is 0 Å². The molecule has 0 atom stereocenters. The number of hydrogen-bond donors (Lipinski definition) is 0. The molecule has 0 saturated heterocycles. The maximum absolute atomic E-state index is 5.90. The zero-order valence-corrected chi connectivity index (χ0v) is 15.5. The fraction of sp³-hybridized carbons (Fsp3) is 0.400. The largest absolute Gasteiger partial charge is 0.494 e. The summed E-state index contributed by atoms with van der Waals surface area (Å²) in [4.78, 5) is 1.28. The van der Waals surface area contributed by atoms with E-state index in [0.717, 1.165) is 17.9 Å². The number of hydrogen-bond acceptors (Lipinski definition) is 3. The maximum Gasteiger partial charge on any atom is 0.127 e. The summed E-state index contributed by atoms with van der Waals surface area (Å²) < 4.78 is 11.7. The summed E-state index contributed by atoms with van der Waals surface area (Å²) in [5, 5.41) is 0. The van der Waals surface area contributed by atoms with E-state index in [-0.39, 0.29) is 0 Å². The van der Waals surface area contributed by atoms with Crippen LogP contribution in [0.15, 0.2) is 35.2 Å². The van der Waals surface area contributed by atoms with E-state index in [1.165, 1.54) is 27.1 Å². The monoisotopic (exact) mass is 330 g/mol. The summed E-state index contributed by atoms with van der Waals surface area (Å²) in [6, 6.07) is 10.7. The molecule has 0 aromatic heterocycles. The highest BCUT2D eigenvalue weighted by Gasteiger charge is 2.14. The van der Waals surface area contributed by atoms with Gasteiger partial charge in [-0.1, -0.05) is 13.0 Å². The van der Waals surface area contributed by atoms with Gasteiger partial charge >= 0.3 is 0 Å². The lowest BCUT2D eigenvalue weighted by atomic mass is 9.96. The van der Waals surface area contributed by atoms with Gasteiger partial charge < -0.3 is 9.47 Å². The van der Waals surface area contributed by atoms with Crippen LogP contribution in [0, 0.1) is 6.92 Å². The van der Waals surface area contributed by atoms with Crippen LogP contribution in [0.1, 0.15) is 31.9 Å². The van der Waals surface area contributed by atoms with Crippen LogP contribution < -0.4 is 9.47 Å². The molecular formula is C20H26O2S. The Kier molecular flexibility index (Phi) is 6.40. The van der Waals surface area contributed by atoms with Crippen molar-refractivity contribution in [3.05, 3.63) is 41.5 Å². The highest BCUT2D eigenvalue weighted by Crippen LogP contribution is 2.39. The third-order valence-corrected chi connectivity index (χ3v) is 4.75. The Morgan fingerprint density at radius 1 is 0.957 bits per heavy atom. The molecule has 3 heteroatoms. The Bertz CT molecular complexity index is 665. The van der Waals surface area contributed by atoms with E-state index in [9.17, 15) is 0 Å². The normalized spacial score (nSPS) is 10.7. The number of aryl methyl sites for hydroxylation is 1. The highest BCUT2D eigenvalue weighted by molar-refractivity contribution is 7.98. The Hall–Kier alpha value is -1.61. The van der Waals surface area contributed by atoms with Crippen molar-refractivity contribution in [2.24, 2.45) is 0 Å². The van der Waals surface area contributed by atoms with Crippen LogP contribution in [0.5, 0.6) is 11.5 Å². The molecule has 0 amide bonds. The average molecular weight is 330 g/mol. The van der Waals surface area contributed by atoms with Gasteiger partial charge in [0, 0.05) is 10.5 Å². The summed E-state index contributed by atoms with van der Waals surface area (Å²) in [5.74, 6) is 1.87. The molecule has 0 fully saturated rings. The van der Waals surface area contributed by atoms with Crippen LogP contribution in [0.4, 0.5) is 0 Å². The predicted molar refractivity (Wildman–Crippen MR) is 100 cm³/mol. The van der Waals surface area contributed by atoms with Crippen LogP contribution in [-0.2, 0) is 6.42 Å². The molecule has 0 N–H and O–H groups in total. The van der Waals surface area contributed by atoms with Gasteiger partial charge in [-0.05, 0) is 74.4 Å². The molecule has 2 aromatic carbocycles. The summed E-state index contributed by atoms with van der Waals surface area (Å²) in [7, 11) is 0. The topological polar surface area (TPSA) is 18.5 Å². The quantitative estimate of drug-likeness (QED) is 0.603. The second-order valence-corrected chi connectivity index (χ2v) is 6.20. The van der Waals surface area contributed by atoms with Gasteiger partial charge in [-0.15, -0.1) is 11.8 Å². The van der Waals surface area contributed by atoms with E-state index in [2.05, 4.69) is 50.4 Å². The zero-order chi connectivity index (χ0) is 16.8. The summed E-state index contributed by atoms with van der Waals surface area (Å²) in [6.07, 6.45) is 3.10. The van der Waals surface area contributed by atoms with Gasteiger partial charge in [0.05, 0.1) is 13.2 Å². The van der Waals surface area contributed by atoms with Crippen molar-refractivity contribution >= 4 is 11.8 Å². The average Bonchev–Trinajstić information content (AvgIpc) is 2.55. The van der Waals surface area contributed by atoms with Crippen LogP contribution in [0.3, 0.4) is 0 Å². The Balaban J connectivity index is 2.65. The first-order valence-corrected chi connectivity index (χ1v) is 9.44. The SMILES string of the molecule is CCOc1cc(CC)cc(-c2c(OCC)ccc(SC)c2C)c1. The van der Waals surface area contributed by atoms with Crippen LogP contribution in [0.2, 0.25) is 0 Å². The van der Waals surface area contributed by atoms with Crippen molar-refractivity contribution < 1.29 is 9.47 Å². The van der Waals surface area contributed by atoms with Gasteiger partial charge in [-0.3, -0.25) is 0 Å². The molecule has 0 heterocycles. The molecule has 2 nitrogen and oxygen atoms in total. The Morgan fingerprint density at radius 3 is 2.30 bits per heavy atom. The molecule has 124 valence electrons. The van der Waals surface area contributed by atoms with Crippen molar-refractivity contribution in [1.82, 2.24) is 0 Å². The van der Waals surface area contributed by atoms with E-state index in [1.54, 1.807) is 11.8 Å². The van der Waals surface area contributed by atoms with E-state index in [1.807, 2.05) is 13.8 Å². The molecule has 23 heavy (non-hydrogen) atoms. The van der Waals surface area contributed by atoms with E-state index >= 15 is 0 Å². The maximum atomic E-state index is 5.90. The zero-order valence-electron chi connectivity index (χ0n) is 14.7. The number of rotatable bonds is 7. The van der Waals surface area contributed by atoms with Gasteiger partial charge in [0.1, 0.15) is 11.5 Å². The molecular weight excluding hydrogens is 304 g/mol. The second-order valence-electron chi connectivity index (χ2n) is 5.35. The minimum absolute atomic E-state index is 0.664. The first-order valence-electron chi connectivity index (χ1n) is 8.22. The summed E-state index contributed by atoms with van der Waals surface area (Å²) >= 11 is 1.77. The Morgan fingerprint density at radius 2 is 1.70 bits per heavy atom. The number of benzene rings is 2. The molecule has 0 aliphatic rings. The minimum Gasteiger partial charge on any atom is -0.494 e. The van der Waals surface area contributed by atoms with Gasteiger partial charge in [0.15, 0.2) is 0 Å². The van der Waals surface area contributed by atoms with Crippen LogP contribution in [-0.4, -0.2) is 19.5 Å². The van der Waals surface area contributed by atoms with Crippen molar-refractivity contribution in [2.45, 2.75) is 39.0 Å². The van der Waals surface area contributed by atoms with Gasteiger partial charge in [0.25, 0.3) is 0 Å². The lowest BCUT2D eigenvalue weighted by molar-refractivity contribution is 0.339. The van der Waals surface area contributed by atoms with Crippen molar-refractivity contribution in [3.8, 4) is 22.6 Å². The molecule has 0 unspecified atom stereocenters. The fourth-order valence-corrected chi connectivity index (χ4v) is 3.39. The fourth-order valence-electron chi connectivity index (χ4n) is 2.78. The van der Waals surface area contributed by atoms with Crippen molar-refractivity contribution in [2.75, 3.05) is 19.5 Å². The third-order valence-electron chi connectivity index (χ3n) is 3.87. The van der Waals surface area contributed by atoms with Gasteiger partial charge in [0.2, 0.25) is 0 Å². The molecule has 0 spiro atoms. The predicted octanol–water partition coefficient (Wildman–Crippen LogP) is 5.74. The van der Waals surface area contributed by atoms with E-state index < -0.39 is 0 Å². The molecule has 0 radical (unpaired) electrons. The Labute approximate surface area is 144 Å². The van der Waals surface area contributed by atoms with Crippen LogP contribution in [0.25, 0.3) is 11.1 Å². The first-order chi connectivity index (χ1) is 11.1. The standard InChI is InChI=1S/C20H26O2S/c1-6-15-11-16(13-17(12-15)21-7-2)20-14(4)19(23-5)10-9-18(20)22-8-3/h9-13H,6-8H2,1-5H3. The molecule has 0 aliphatic heterocycles. The van der Waals surface area contributed by atoms with E-state index in [4.69, 9.17) is 9.47 Å². The molecule has 0 bridgehead atoms. The van der Waals surface area contributed by atoms with Crippen LogP contribution >= 0.6 is 11.8 Å². The molecule has 0 aliphatic carbocycles. The van der Waals surface area contributed by atoms with Gasteiger partial charge in [-0.25, -0.2) is 0 Å². The lowest BCUT2D eigenvalue weighted by Crippen LogP contribution is -1.99. The third kappa shape index (κ3) is 4.03. The molecule has 0 saturated carbocycles.